The van der Waals surface area contributed by atoms with Gasteiger partial charge in [0.2, 0.25) is 0 Å². The Morgan fingerprint density at radius 3 is 2.77 bits per heavy atom. The van der Waals surface area contributed by atoms with Gasteiger partial charge in [0.15, 0.2) is 0 Å². The molecule has 1 aromatic carbocycles. The van der Waals surface area contributed by atoms with E-state index in [1.807, 2.05) is 6.92 Å². The van der Waals surface area contributed by atoms with E-state index in [0.717, 1.165) is 23.2 Å². The van der Waals surface area contributed by atoms with Crippen LogP contribution in [0.5, 0.6) is 5.75 Å². The van der Waals surface area contributed by atoms with Crippen LogP contribution < -0.4 is 15.0 Å². The highest BCUT2D eigenvalue weighted by Gasteiger charge is 2.37. The number of fused-ring (bicyclic) bond motifs is 1. The van der Waals surface area contributed by atoms with E-state index in [-0.39, 0.29) is 18.3 Å². The van der Waals surface area contributed by atoms with E-state index in [9.17, 15) is 14.3 Å². The van der Waals surface area contributed by atoms with Crippen LogP contribution in [0.25, 0.3) is 0 Å². The number of aryl methyl sites for hydroxylation is 1. The van der Waals surface area contributed by atoms with E-state index < -0.39 is 18.3 Å². The molecule has 2 N–H and O–H groups in total. The number of halogens is 1. The van der Waals surface area contributed by atoms with Gasteiger partial charge in [-0.3, -0.25) is 9.88 Å². The summed E-state index contributed by atoms with van der Waals surface area (Å²) < 4.78 is 24.5. The number of cyclic esters (lactones) is 1. The Morgan fingerprint density at radius 2 is 2.07 bits per heavy atom. The smallest absolute Gasteiger partial charge is 0.414 e. The summed E-state index contributed by atoms with van der Waals surface area (Å²) in [5.41, 5.74) is 3.33. The van der Waals surface area contributed by atoms with Crippen molar-refractivity contribution in [1.29, 1.82) is 0 Å². The molecule has 160 valence electrons. The molecule has 1 aliphatic carbocycles. The molecule has 3 unspecified atom stereocenters. The van der Waals surface area contributed by atoms with Crippen molar-refractivity contribution in [3.05, 3.63) is 53.1 Å². The molecule has 7 nitrogen and oxygen atoms in total. The second kappa shape index (κ2) is 8.57. The number of nitrogens with one attached hydrogen (secondary N) is 1. The monoisotopic (exact) mass is 415 g/mol. The highest BCUT2D eigenvalue weighted by molar-refractivity contribution is 5.89. The Balaban J connectivity index is 1.27. The van der Waals surface area contributed by atoms with Crippen molar-refractivity contribution >= 4 is 11.8 Å². The van der Waals surface area contributed by atoms with E-state index in [2.05, 4.69) is 10.3 Å². The lowest BCUT2D eigenvalue weighted by atomic mass is 10.1. The Hall–Kier alpha value is -2.71. The first-order valence-electron chi connectivity index (χ1n) is 10.1. The number of carbonyl (C=O) groups is 1. The fourth-order valence-corrected chi connectivity index (χ4v) is 4.18. The molecule has 30 heavy (non-hydrogen) atoms. The fourth-order valence-electron chi connectivity index (χ4n) is 4.18. The molecule has 1 fully saturated rings. The summed E-state index contributed by atoms with van der Waals surface area (Å²) in [5, 5.41) is 13.7. The number of benzene rings is 1. The zero-order valence-corrected chi connectivity index (χ0v) is 17.1. The molecule has 0 spiro atoms. The largest absolute Gasteiger partial charge is 0.497 e. The first-order chi connectivity index (χ1) is 14.5. The van der Waals surface area contributed by atoms with Crippen molar-refractivity contribution in [2.75, 3.05) is 31.6 Å². The third-order valence-corrected chi connectivity index (χ3v) is 5.88. The molecule has 8 heteroatoms. The zero-order chi connectivity index (χ0) is 21.3. The first-order valence-corrected chi connectivity index (χ1v) is 10.1. The van der Waals surface area contributed by atoms with Gasteiger partial charge in [-0.1, -0.05) is 0 Å². The molecular weight excluding hydrogens is 389 g/mol. The predicted molar refractivity (Wildman–Crippen MR) is 109 cm³/mol. The first kappa shape index (κ1) is 20.6. The van der Waals surface area contributed by atoms with E-state index in [4.69, 9.17) is 9.47 Å². The van der Waals surface area contributed by atoms with E-state index in [1.54, 1.807) is 31.4 Å². The maximum atomic E-state index is 14.0. The summed E-state index contributed by atoms with van der Waals surface area (Å²) in [7, 11) is 1.58. The highest BCUT2D eigenvalue weighted by atomic mass is 19.1. The average molecular weight is 415 g/mol. The molecule has 0 saturated carbocycles. The van der Waals surface area contributed by atoms with E-state index >= 15 is 0 Å². The molecular formula is C22H26FN3O4. The number of nitrogens with zero attached hydrogens (tertiary/aromatic N) is 2. The van der Waals surface area contributed by atoms with Crippen molar-refractivity contribution in [1.82, 2.24) is 10.3 Å². The number of amides is 1. The van der Waals surface area contributed by atoms with Crippen molar-refractivity contribution in [3.8, 4) is 5.75 Å². The second-order valence-corrected chi connectivity index (χ2v) is 7.88. The molecule has 0 radical (unpaired) electrons. The van der Waals surface area contributed by atoms with Gasteiger partial charge >= 0.3 is 6.09 Å². The summed E-state index contributed by atoms with van der Waals surface area (Å²) in [6.07, 6.45) is 0.805. The minimum absolute atomic E-state index is 0.241. The molecule has 1 aromatic heterocycles. The molecule has 4 rings (SSSR count). The molecule has 3 atom stereocenters. The van der Waals surface area contributed by atoms with Crippen LogP contribution in [-0.4, -0.2) is 55.1 Å². The van der Waals surface area contributed by atoms with Crippen molar-refractivity contribution in [3.63, 3.8) is 0 Å². The normalized spacial score (nSPS) is 21.5. The minimum atomic E-state index is -0.832. The third kappa shape index (κ3) is 4.11. The summed E-state index contributed by atoms with van der Waals surface area (Å²) >= 11 is 0. The lowest BCUT2D eigenvalue weighted by Gasteiger charge is -2.18. The summed E-state index contributed by atoms with van der Waals surface area (Å²) in [6.45, 7) is 3.12. The molecule has 2 aromatic rings. The SMILES string of the molecule is COc1ccc(N2CC(C(O)CNCC3Cc4c(F)cnc(C)c4C3)OC2=O)cc1. The van der Waals surface area contributed by atoms with E-state index in [0.29, 0.717) is 30.9 Å². The van der Waals surface area contributed by atoms with Gasteiger partial charge in [0.25, 0.3) is 0 Å². The topological polar surface area (TPSA) is 83.9 Å². The number of hydrogen-bond donors (Lipinski definition) is 2. The molecule has 0 bridgehead atoms. The molecule has 2 aliphatic rings. The molecule has 1 aliphatic heterocycles. The Bertz CT molecular complexity index is 890. The van der Waals surface area contributed by atoms with Gasteiger partial charge in [-0.15, -0.1) is 0 Å². The van der Waals surface area contributed by atoms with Gasteiger partial charge in [0.1, 0.15) is 23.8 Å². The highest BCUT2D eigenvalue weighted by Crippen LogP contribution is 2.30. The van der Waals surface area contributed by atoms with Crippen LogP contribution in [0.4, 0.5) is 14.9 Å². The number of aromatic nitrogens is 1. The van der Waals surface area contributed by atoms with Gasteiger partial charge in [-0.2, -0.15) is 0 Å². The lowest BCUT2D eigenvalue weighted by molar-refractivity contribution is 0.0327. The molecule has 2 heterocycles. The van der Waals surface area contributed by atoms with Crippen molar-refractivity contribution in [2.24, 2.45) is 5.92 Å². The van der Waals surface area contributed by atoms with Crippen LogP contribution >= 0.6 is 0 Å². The second-order valence-electron chi connectivity index (χ2n) is 7.88. The lowest BCUT2D eigenvalue weighted by Crippen LogP contribution is -2.40. The van der Waals surface area contributed by atoms with E-state index in [1.165, 1.54) is 11.1 Å². The van der Waals surface area contributed by atoms with Gasteiger partial charge in [0, 0.05) is 17.9 Å². The number of pyridine rings is 1. The maximum Gasteiger partial charge on any atom is 0.414 e. The zero-order valence-electron chi connectivity index (χ0n) is 17.1. The minimum Gasteiger partial charge on any atom is -0.497 e. The van der Waals surface area contributed by atoms with Gasteiger partial charge < -0.3 is 19.9 Å². The van der Waals surface area contributed by atoms with Crippen LogP contribution in [-0.2, 0) is 17.6 Å². The van der Waals surface area contributed by atoms with Gasteiger partial charge in [-0.05, 0) is 67.6 Å². The van der Waals surface area contributed by atoms with Crippen LogP contribution in [0.1, 0.15) is 16.8 Å². The Labute approximate surface area is 174 Å². The Morgan fingerprint density at radius 1 is 1.33 bits per heavy atom. The summed E-state index contributed by atoms with van der Waals surface area (Å²) in [4.78, 5) is 17.8. The van der Waals surface area contributed by atoms with Crippen LogP contribution in [0.15, 0.2) is 30.5 Å². The van der Waals surface area contributed by atoms with Gasteiger partial charge in [-0.25, -0.2) is 9.18 Å². The maximum absolute atomic E-state index is 14.0. The van der Waals surface area contributed by atoms with Crippen molar-refractivity contribution < 1.29 is 23.8 Å². The number of ether oxygens (including phenoxy) is 2. The standard InChI is InChI=1S/C22H26FN3O4/c1-13-17-7-14(8-18(17)19(23)10-25-13)9-24-11-20(27)21-12-26(22(28)30-21)15-3-5-16(29-2)6-4-15/h3-6,10,14,20-21,24,27H,7-9,11-12H2,1-2H3. The third-order valence-electron chi connectivity index (χ3n) is 5.88. The average Bonchev–Trinajstić information content (AvgIpc) is 3.35. The number of anilines is 1. The van der Waals surface area contributed by atoms with Crippen LogP contribution in [0.3, 0.4) is 0 Å². The summed E-state index contributed by atoms with van der Waals surface area (Å²) in [5.74, 6) is 0.716. The summed E-state index contributed by atoms with van der Waals surface area (Å²) in [6, 6.07) is 7.10. The van der Waals surface area contributed by atoms with Crippen molar-refractivity contribution in [2.45, 2.75) is 32.0 Å². The number of rotatable bonds is 7. The quantitative estimate of drug-likeness (QED) is 0.722. The number of aliphatic hydroxyl groups excluding tert-OH is 1. The Kier molecular flexibility index (Phi) is 5.87. The van der Waals surface area contributed by atoms with Gasteiger partial charge in [0.05, 0.1) is 19.9 Å². The molecule has 1 saturated heterocycles. The van der Waals surface area contributed by atoms with Crippen LogP contribution in [0, 0.1) is 18.7 Å². The number of carbonyl (C=O) groups excluding carboxylic acids is 1. The van der Waals surface area contributed by atoms with Crippen LogP contribution in [0.2, 0.25) is 0 Å². The number of methoxy groups -OCH3 is 1. The molecule has 1 amide bonds. The number of aliphatic hydroxyl groups is 1. The number of hydrogen-bond acceptors (Lipinski definition) is 6. The fraction of sp³-hybridized carbons (Fsp3) is 0.455. The predicted octanol–water partition coefficient (Wildman–Crippen LogP) is 2.23.